The molecule has 0 atom stereocenters. The molecule has 0 aliphatic heterocycles. The first-order valence-electron chi connectivity index (χ1n) is 8.73. The second-order valence-electron chi connectivity index (χ2n) is 6.74. The van der Waals surface area contributed by atoms with E-state index in [0.29, 0.717) is 24.7 Å². The lowest BCUT2D eigenvalue weighted by Crippen LogP contribution is -2.18. The van der Waals surface area contributed by atoms with Crippen LogP contribution in [0.2, 0.25) is 0 Å². The normalized spacial score (nSPS) is 10.9. The van der Waals surface area contributed by atoms with Crippen molar-refractivity contribution in [1.29, 1.82) is 0 Å². The highest BCUT2D eigenvalue weighted by molar-refractivity contribution is 5.81. The SMILES string of the molecule is Cc1ccc(CNc2nc(-c3cccnc3)nn2C(=O)CC(C)C)cc1. The van der Waals surface area contributed by atoms with E-state index < -0.39 is 0 Å². The molecular formula is C20H23N5O. The van der Waals surface area contributed by atoms with Gasteiger partial charge in [-0.25, -0.2) is 0 Å². The number of pyridine rings is 1. The zero-order chi connectivity index (χ0) is 18.5. The molecule has 2 aromatic heterocycles. The van der Waals surface area contributed by atoms with Gasteiger partial charge in [0.25, 0.3) is 0 Å². The fourth-order valence-corrected chi connectivity index (χ4v) is 2.54. The van der Waals surface area contributed by atoms with Gasteiger partial charge in [0.2, 0.25) is 11.9 Å². The van der Waals surface area contributed by atoms with Gasteiger partial charge in [0.15, 0.2) is 5.82 Å². The van der Waals surface area contributed by atoms with Crippen molar-refractivity contribution in [2.24, 2.45) is 5.92 Å². The lowest BCUT2D eigenvalue weighted by molar-refractivity contribution is 0.0873. The smallest absolute Gasteiger partial charge is 0.250 e. The van der Waals surface area contributed by atoms with E-state index in [1.807, 2.05) is 26.0 Å². The van der Waals surface area contributed by atoms with E-state index in [0.717, 1.165) is 11.1 Å². The Balaban J connectivity index is 1.87. The summed E-state index contributed by atoms with van der Waals surface area (Å²) in [6, 6.07) is 11.9. The number of aryl methyl sites for hydroxylation is 1. The first-order valence-corrected chi connectivity index (χ1v) is 8.73. The fraction of sp³-hybridized carbons (Fsp3) is 0.300. The predicted molar refractivity (Wildman–Crippen MR) is 102 cm³/mol. The molecule has 0 saturated heterocycles. The quantitative estimate of drug-likeness (QED) is 0.729. The summed E-state index contributed by atoms with van der Waals surface area (Å²) in [5, 5.41) is 7.65. The van der Waals surface area contributed by atoms with Crippen LogP contribution in [-0.4, -0.2) is 25.7 Å². The molecule has 0 aliphatic carbocycles. The minimum absolute atomic E-state index is 0.0750. The monoisotopic (exact) mass is 349 g/mol. The standard InChI is InChI=1S/C20H23N5O/c1-14(2)11-18(26)25-20(22-12-16-8-6-15(3)7-9-16)23-19(24-25)17-5-4-10-21-13-17/h4-10,13-14H,11-12H2,1-3H3,(H,22,23,24). The van der Waals surface area contributed by atoms with E-state index in [-0.39, 0.29) is 11.8 Å². The first-order chi connectivity index (χ1) is 12.5. The number of carbonyl (C=O) groups excluding carboxylic acids is 1. The Morgan fingerprint density at radius 3 is 2.62 bits per heavy atom. The van der Waals surface area contributed by atoms with Crippen LogP contribution in [0.3, 0.4) is 0 Å². The number of nitrogens with one attached hydrogen (secondary N) is 1. The van der Waals surface area contributed by atoms with E-state index in [1.54, 1.807) is 12.4 Å². The third-order valence-corrected chi connectivity index (χ3v) is 3.92. The van der Waals surface area contributed by atoms with Crippen LogP contribution in [0.1, 0.15) is 36.2 Å². The maximum Gasteiger partial charge on any atom is 0.250 e. The molecule has 1 aromatic carbocycles. The van der Waals surface area contributed by atoms with Gasteiger partial charge < -0.3 is 5.32 Å². The number of hydrogen-bond acceptors (Lipinski definition) is 5. The van der Waals surface area contributed by atoms with E-state index in [4.69, 9.17) is 0 Å². The van der Waals surface area contributed by atoms with Crippen LogP contribution in [-0.2, 0) is 6.54 Å². The maximum atomic E-state index is 12.6. The third-order valence-electron chi connectivity index (χ3n) is 3.92. The highest BCUT2D eigenvalue weighted by Crippen LogP contribution is 2.18. The molecule has 26 heavy (non-hydrogen) atoms. The van der Waals surface area contributed by atoms with Crippen molar-refractivity contribution in [1.82, 2.24) is 19.7 Å². The summed E-state index contributed by atoms with van der Waals surface area (Å²) in [5.74, 6) is 1.12. The summed E-state index contributed by atoms with van der Waals surface area (Å²) < 4.78 is 1.37. The van der Waals surface area contributed by atoms with Crippen molar-refractivity contribution in [2.75, 3.05) is 5.32 Å². The highest BCUT2D eigenvalue weighted by Gasteiger charge is 2.18. The van der Waals surface area contributed by atoms with Crippen LogP contribution >= 0.6 is 0 Å². The molecule has 3 rings (SSSR count). The average molecular weight is 349 g/mol. The van der Waals surface area contributed by atoms with Gasteiger partial charge in [-0.1, -0.05) is 43.7 Å². The summed E-state index contributed by atoms with van der Waals surface area (Å²) >= 11 is 0. The van der Waals surface area contributed by atoms with Crippen LogP contribution in [0, 0.1) is 12.8 Å². The minimum Gasteiger partial charge on any atom is -0.350 e. The predicted octanol–water partition coefficient (Wildman–Crippen LogP) is 3.95. The van der Waals surface area contributed by atoms with Crippen molar-refractivity contribution in [3.63, 3.8) is 0 Å². The molecule has 134 valence electrons. The molecule has 0 fully saturated rings. The molecule has 0 bridgehead atoms. The number of carbonyl (C=O) groups is 1. The Bertz CT molecular complexity index is 869. The minimum atomic E-state index is -0.0750. The third kappa shape index (κ3) is 4.33. The molecule has 0 radical (unpaired) electrons. The van der Waals surface area contributed by atoms with Gasteiger partial charge >= 0.3 is 0 Å². The molecule has 0 amide bonds. The Hall–Kier alpha value is -3.02. The van der Waals surface area contributed by atoms with Gasteiger partial charge in [-0.15, -0.1) is 5.10 Å². The van der Waals surface area contributed by atoms with Crippen LogP contribution in [0.15, 0.2) is 48.8 Å². The number of hydrogen-bond donors (Lipinski definition) is 1. The molecule has 2 heterocycles. The molecular weight excluding hydrogens is 326 g/mol. The van der Waals surface area contributed by atoms with Crippen molar-refractivity contribution >= 4 is 11.9 Å². The lowest BCUT2D eigenvalue weighted by Gasteiger charge is -2.08. The van der Waals surface area contributed by atoms with Crippen molar-refractivity contribution in [3.8, 4) is 11.4 Å². The van der Waals surface area contributed by atoms with Crippen molar-refractivity contribution < 1.29 is 4.79 Å². The van der Waals surface area contributed by atoms with Crippen LogP contribution < -0.4 is 5.32 Å². The number of rotatable bonds is 6. The molecule has 6 heteroatoms. The van der Waals surface area contributed by atoms with Crippen molar-refractivity contribution in [3.05, 3.63) is 59.9 Å². The Kier molecular flexibility index (Phi) is 5.41. The molecule has 0 aliphatic rings. The van der Waals surface area contributed by atoms with Gasteiger partial charge in [-0.2, -0.15) is 9.67 Å². The second kappa shape index (κ2) is 7.91. The van der Waals surface area contributed by atoms with Crippen LogP contribution in [0.5, 0.6) is 0 Å². The molecule has 3 aromatic rings. The molecule has 1 N–H and O–H groups in total. The number of nitrogens with zero attached hydrogens (tertiary/aromatic N) is 4. The number of aromatic nitrogens is 4. The first kappa shape index (κ1) is 17.8. The summed E-state index contributed by atoms with van der Waals surface area (Å²) in [7, 11) is 0. The van der Waals surface area contributed by atoms with Crippen LogP contribution in [0.4, 0.5) is 5.95 Å². The van der Waals surface area contributed by atoms with Gasteiger partial charge in [0.05, 0.1) is 0 Å². The summed E-state index contributed by atoms with van der Waals surface area (Å²) in [5.41, 5.74) is 3.11. The van der Waals surface area contributed by atoms with Gasteiger partial charge in [0.1, 0.15) is 0 Å². The lowest BCUT2D eigenvalue weighted by atomic mass is 10.1. The maximum absolute atomic E-state index is 12.6. The topological polar surface area (TPSA) is 72.7 Å². The van der Waals surface area contributed by atoms with E-state index in [9.17, 15) is 4.79 Å². The fourth-order valence-electron chi connectivity index (χ4n) is 2.54. The summed E-state index contributed by atoms with van der Waals surface area (Å²) in [4.78, 5) is 21.2. The molecule has 6 nitrogen and oxygen atoms in total. The average Bonchev–Trinajstić information content (AvgIpc) is 3.06. The van der Waals surface area contributed by atoms with Gasteiger partial charge in [0, 0.05) is 30.9 Å². The van der Waals surface area contributed by atoms with Gasteiger partial charge in [-0.3, -0.25) is 9.78 Å². The number of benzene rings is 1. The zero-order valence-electron chi connectivity index (χ0n) is 15.3. The molecule has 0 saturated carbocycles. The van der Waals surface area contributed by atoms with E-state index >= 15 is 0 Å². The van der Waals surface area contributed by atoms with Crippen LogP contribution in [0.25, 0.3) is 11.4 Å². The number of anilines is 1. The largest absolute Gasteiger partial charge is 0.350 e. The Labute approximate surface area is 153 Å². The Morgan fingerprint density at radius 1 is 1.19 bits per heavy atom. The Morgan fingerprint density at radius 2 is 1.96 bits per heavy atom. The van der Waals surface area contributed by atoms with E-state index in [2.05, 4.69) is 51.6 Å². The van der Waals surface area contributed by atoms with E-state index in [1.165, 1.54) is 10.2 Å². The second-order valence-corrected chi connectivity index (χ2v) is 6.74. The van der Waals surface area contributed by atoms with Crippen molar-refractivity contribution in [2.45, 2.75) is 33.7 Å². The summed E-state index contributed by atoms with van der Waals surface area (Å²) in [6.07, 6.45) is 3.80. The highest BCUT2D eigenvalue weighted by atomic mass is 16.2. The summed E-state index contributed by atoms with van der Waals surface area (Å²) in [6.45, 7) is 6.64. The molecule has 0 unspecified atom stereocenters. The van der Waals surface area contributed by atoms with Gasteiger partial charge in [-0.05, 0) is 30.5 Å². The zero-order valence-corrected chi connectivity index (χ0v) is 15.3. The molecule has 0 spiro atoms.